The number of hydrogen-bond acceptors (Lipinski definition) is 4. The molecule has 1 aliphatic carbocycles. The van der Waals surface area contributed by atoms with Crippen molar-refractivity contribution in [2.45, 2.75) is 64.0 Å². The normalized spacial score (nSPS) is 20.5. The molecule has 9 heteroatoms. The lowest BCUT2D eigenvalue weighted by Gasteiger charge is -2.19. The Morgan fingerprint density at radius 1 is 1.33 bits per heavy atom. The second-order valence-corrected chi connectivity index (χ2v) is 9.20. The lowest BCUT2D eigenvalue weighted by molar-refractivity contribution is -0.115. The van der Waals surface area contributed by atoms with Crippen molar-refractivity contribution in [1.29, 1.82) is 0 Å². The van der Waals surface area contributed by atoms with Crippen LogP contribution in [0, 0.1) is 5.92 Å². The van der Waals surface area contributed by atoms with Crippen LogP contribution in [0.4, 0.5) is 10.6 Å². The molecule has 3 atom stereocenters. The lowest BCUT2D eigenvalue weighted by Crippen LogP contribution is -2.34. The molecular formula is C24H31N5O4. The molecule has 4 rings (SSSR count). The highest BCUT2D eigenvalue weighted by molar-refractivity contribution is 5.99. The Bertz CT molecular complexity index is 1050. The molecule has 4 N–H and O–H groups in total. The predicted octanol–water partition coefficient (Wildman–Crippen LogP) is 3.50. The summed E-state index contributed by atoms with van der Waals surface area (Å²) in [5.41, 5.74) is 3.45. The second-order valence-electron chi connectivity index (χ2n) is 9.20. The average molecular weight is 454 g/mol. The van der Waals surface area contributed by atoms with E-state index in [0.29, 0.717) is 29.8 Å². The smallest absolute Gasteiger partial charge is 0.404 e. The monoisotopic (exact) mass is 453 g/mol. The van der Waals surface area contributed by atoms with Gasteiger partial charge in [0, 0.05) is 42.9 Å². The molecule has 33 heavy (non-hydrogen) atoms. The molecule has 0 bridgehead atoms. The zero-order chi connectivity index (χ0) is 23.5. The van der Waals surface area contributed by atoms with Crippen LogP contribution in [-0.2, 0) is 17.8 Å². The zero-order valence-electron chi connectivity index (χ0n) is 19.1. The number of fused-ring (bicyclic) bond motifs is 1. The third kappa shape index (κ3) is 5.18. The summed E-state index contributed by atoms with van der Waals surface area (Å²) < 4.78 is 0. The van der Waals surface area contributed by atoms with Crippen LogP contribution >= 0.6 is 0 Å². The summed E-state index contributed by atoms with van der Waals surface area (Å²) in [6, 6.07) is 7.39. The Kier molecular flexibility index (Phi) is 6.67. The largest absolute Gasteiger partial charge is 0.465 e. The zero-order valence-corrected chi connectivity index (χ0v) is 19.1. The van der Waals surface area contributed by atoms with Crippen molar-refractivity contribution in [3.8, 4) is 0 Å². The summed E-state index contributed by atoms with van der Waals surface area (Å²) in [6.07, 6.45) is 3.89. The Morgan fingerprint density at radius 3 is 2.91 bits per heavy atom. The van der Waals surface area contributed by atoms with Crippen LogP contribution in [-0.4, -0.2) is 51.2 Å². The Balaban J connectivity index is 1.32. The first-order valence-electron chi connectivity index (χ1n) is 11.5. The van der Waals surface area contributed by atoms with Gasteiger partial charge in [0.05, 0.1) is 6.42 Å². The molecule has 2 heterocycles. The molecule has 1 aliphatic heterocycles. The minimum Gasteiger partial charge on any atom is -0.465 e. The maximum atomic E-state index is 12.7. The van der Waals surface area contributed by atoms with Crippen LogP contribution < -0.4 is 10.6 Å². The van der Waals surface area contributed by atoms with Gasteiger partial charge in [-0.25, -0.2) is 4.79 Å². The molecule has 1 saturated carbocycles. The number of amides is 3. The first kappa shape index (κ1) is 22.8. The standard InChI is InChI=1S/C24H31N5O4/c1-3-17(25-24(32)33)10-14-7-8-16(9-14)20-12-21(28-27-20)26-22(30)11-15-5-4-6-18-19(15)13-29(2)23(18)31/h4-6,12,14,16-17,25H,3,7-11,13H2,1-2H3,(H,32,33)(H2,26,27,28,30). The van der Waals surface area contributed by atoms with Gasteiger partial charge in [0.25, 0.3) is 5.91 Å². The number of rotatable bonds is 8. The number of nitrogens with one attached hydrogen (secondary N) is 3. The molecule has 1 fully saturated rings. The van der Waals surface area contributed by atoms with E-state index in [0.717, 1.165) is 48.9 Å². The van der Waals surface area contributed by atoms with Crippen LogP contribution in [0.5, 0.6) is 0 Å². The molecular weight excluding hydrogens is 422 g/mol. The van der Waals surface area contributed by atoms with Gasteiger partial charge in [-0.1, -0.05) is 19.1 Å². The number of H-pyrrole nitrogens is 1. The van der Waals surface area contributed by atoms with Crippen molar-refractivity contribution >= 4 is 23.7 Å². The molecule has 1 aromatic carbocycles. The van der Waals surface area contributed by atoms with Gasteiger partial charge in [-0.2, -0.15) is 5.10 Å². The molecule has 0 spiro atoms. The van der Waals surface area contributed by atoms with Crippen LogP contribution in [0.2, 0.25) is 0 Å². The molecule has 1 aromatic heterocycles. The number of carbonyl (C=O) groups is 3. The van der Waals surface area contributed by atoms with Gasteiger partial charge in [0.15, 0.2) is 5.82 Å². The number of benzene rings is 1. The van der Waals surface area contributed by atoms with E-state index < -0.39 is 6.09 Å². The third-order valence-corrected chi connectivity index (χ3v) is 6.88. The number of aromatic amines is 1. The van der Waals surface area contributed by atoms with Gasteiger partial charge in [-0.05, 0) is 55.2 Å². The number of hydrogen-bond donors (Lipinski definition) is 4. The number of aromatic nitrogens is 2. The number of anilines is 1. The van der Waals surface area contributed by atoms with Gasteiger partial charge >= 0.3 is 6.09 Å². The van der Waals surface area contributed by atoms with E-state index in [1.165, 1.54) is 0 Å². The highest BCUT2D eigenvalue weighted by Gasteiger charge is 2.30. The third-order valence-electron chi connectivity index (χ3n) is 6.88. The number of carbonyl (C=O) groups excluding carboxylic acids is 2. The van der Waals surface area contributed by atoms with Crippen molar-refractivity contribution < 1.29 is 19.5 Å². The quantitative estimate of drug-likeness (QED) is 0.486. The van der Waals surface area contributed by atoms with Gasteiger partial charge in [0.1, 0.15) is 0 Å². The summed E-state index contributed by atoms with van der Waals surface area (Å²) in [6.45, 7) is 2.52. The molecule has 2 aromatic rings. The highest BCUT2D eigenvalue weighted by atomic mass is 16.4. The van der Waals surface area contributed by atoms with Gasteiger partial charge in [-0.3, -0.25) is 14.7 Å². The Morgan fingerprint density at radius 2 is 2.15 bits per heavy atom. The van der Waals surface area contributed by atoms with E-state index in [1.807, 2.05) is 25.1 Å². The number of carboxylic acid groups (broad SMARTS) is 1. The maximum Gasteiger partial charge on any atom is 0.404 e. The fourth-order valence-electron chi connectivity index (χ4n) is 5.15. The van der Waals surface area contributed by atoms with Crippen molar-refractivity contribution in [2.24, 2.45) is 5.92 Å². The van der Waals surface area contributed by atoms with Gasteiger partial charge < -0.3 is 20.6 Å². The minimum absolute atomic E-state index is 0.0110. The minimum atomic E-state index is -0.968. The Labute approximate surface area is 192 Å². The van der Waals surface area contributed by atoms with Gasteiger partial charge in [0.2, 0.25) is 5.91 Å². The summed E-state index contributed by atoms with van der Waals surface area (Å²) >= 11 is 0. The maximum absolute atomic E-state index is 12.7. The fraction of sp³-hybridized carbons (Fsp3) is 0.500. The fourth-order valence-corrected chi connectivity index (χ4v) is 5.15. The van der Waals surface area contributed by atoms with Crippen molar-refractivity contribution in [2.75, 3.05) is 12.4 Å². The molecule has 0 radical (unpaired) electrons. The van der Waals surface area contributed by atoms with Gasteiger partial charge in [-0.15, -0.1) is 0 Å². The molecule has 3 amide bonds. The van der Waals surface area contributed by atoms with E-state index >= 15 is 0 Å². The molecule has 0 saturated heterocycles. The van der Waals surface area contributed by atoms with E-state index in [9.17, 15) is 14.4 Å². The SMILES string of the molecule is CCC(CC1CCC(c2cc(NC(=O)Cc3cccc4c3CN(C)C4=O)n[nH]2)C1)NC(=O)O. The number of nitrogens with zero attached hydrogens (tertiary/aromatic N) is 2. The molecule has 2 aliphatic rings. The van der Waals surface area contributed by atoms with Crippen LogP contribution in [0.15, 0.2) is 24.3 Å². The van der Waals surface area contributed by atoms with E-state index in [-0.39, 0.29) is 24.3 Å². The molecule has 176 valence electrons. The summed E-state index contributed by atoms with van der Waals surface area (Å²) in [5, 5.41) is 21.8. The van der Waals surface area contributed by atoms with E-state index in [1.54, 1.807) is 18.0 Å². The second kappa shape index (κ2) is 9.64. The van der Waals surface area contributed by atoms with E-state index in [2.05, 4.69) is 20.8 Å². The first-order valence-corrected chi connectivity index (χ1v) is 11.5. The van der Waals surface area contributed by atoms with E-state index in [4.69, 9.17) is 5.11 Å². The Hall–Kier alpha value is -3.36. The molecule has 9 nitrogen and oxygen atoms in total. The lowest BCUT2D eigenvalue weighted by atomic mass is 9.95. The topological polar surface area (TPSA) is 127 Å². The summed E-state index contributed by atoms with van der Waals surface area (Å²) in [5.74, 6) is 1.11. The summed E-state index contributed by atoms with van der Waals surface area (Å²) in [7, 11) is 1.76. The van der Waals surface area contributed by atoms with Crippen LogP contribution in [0.3, 0.4) is 0 Å². The highest BCUT2D eigenvalue weighted by Crippen LogP contribution is 2.40. The van der Waals surface area contributed by atoms with Crippen LogP contribution in [0.1, 0.15) is 72.1 Å². The summed E-state index contributed by atoms with van der Waals surface area (Å²) in [4.78, 5) is 37.4. The average Bonchev–Trinajstić information content (AvgIpc) is 3.48. The predicted molar refractivity (Wildman–Crippen MR) is 123 cm³/mol. The van der Waals surface area contributed by atoms with Crippen molar-refractivity contribution in [1.82, 2.24) is 20.4 Å². The van der Waals surface area contributed by atoms with Crippen molar-refractivity contribution in [3.63, 3.8) is 0 Å². The van der Waals surface area contributed by atoms with Crippen LogP contribution in [0.25, 0.3) is 0 Å². The first-order chi connectivity index (χ1) is 15.8. The molecule has 3 unspecified atom stereocenters. The van der Waals surface area contributed by atoms with Crippen molar-refractivity contribution in [3.05, 3.63) is 46.6 Å².